The second-order valence-electron chi connectivity index (χ2n) is 5.14. The average molecular weight is 278 g/mol. The number of carboxylic acids is 1. The molecule has 1 aromatic rings. The minimum absolute atomic E-state index is 0.0419. The Balaban J connectivity index is 2.10. The van der Waals surface area contributed by atoms with E-state index in [0.29, 0.717) is 12.6 Å². The molecule has 0 aliphatic heterocycles. The van der Waals surface area contributed by atoms with Gasteiger partial charge in [0.05, 0.1) is 12.3 Å². The first kappa shape index (κ1) is 14.7. The Morgan fingerprint density at radius 1 is 1.50 bits per heavy atom. The average Bonchev–Trinajstić information content (AvgIpc) is 3.20. The minimum Gasteiger partial charge on any atom is -0.492 e. The van der Waals surface area contributed by atoms with E-state index in [1.54, 1.807) is 11.9 Å². The summed E-state index contributed by atoms with van der Waals surface area (Å²) in [6.07, 6.45) is 2.52. The molecule has 0 atom stereocenters. The number of anilines is 1. The highest BCUT2D eigenvalue weighted by Crippen LogP contribution is 2.29. The standard InChI is InChI=1S/C15H22N2O3/c1-3-20-14-8-11(9-16-12-5-6-12)4-7-13(14)17(2)10-15(18)19/h4,7-8,12,16H,3,5-6,9-10H2,1-2H3,(H,18,19). The highest BCUT2D eigenvalue weighted by Gasteiger charge is 2.20. The van der Waals surface area contributed by atoms with Crippen LogP contribution in [0.5, 0.6) is 5.75 Å². The van der Waals surface area contributed by atoms with Crippen molar-refractivity contribution < 1.29 is 14.6 Å². The molecule has 0 unspecified atom stereocenters. The fourth-order valence-corrected chi connectivity index (χ4v) is 2.09. The van der Waals surface area contributed by atoms with Crippen LogP contribution in [0.3, 0.4) is 0 Å². The molecule has 0 saturated heterocycles. The molecule has 1 saturated carbocycles. The normalized spacial score (nSPS) is 14.1. The Hall–Kier alpha value is -1.75. The van der Waals surface area contributed by atoms with Gasteiger partial charge in [-0.2, -0.15) is 0 Å². The van der Waals surface area contributed by atoms with Gasteiger partial charge in [-0.25, -0.2) is 0 Å². The summed E-state index contributed by atoms with van der Waals surface area (Å²) in [6, 6.07) is 6.61. The van der Waals surface area contributed by atoms with Crippen LogP contribution in [0.25, 0.3) is 0 Å². The SMILES string of the molecule is CCOc1cc(CNC2CC2)ccc1N(C)CC(=O)O. The second-order valence-corrected chi connectivity index (χ2v) is 5.14. The zero-order valence-corrected chi connectivity index (χ0v) is 12.1. The summed E-state index contributed by atoms with van der Waals surface area (Å²) >= 11 is 0. The number of carboxylic acid groups (broad SMARTS) is 1. The van der Waals surface area contributed by atoms with Crippen molar-refractivity contribution in [1.29, 1.82) is 0 Å². The predicted octanol–water partition coefficient (Wildman–Crippen LogP) is 1.86. The van der Waals surface area contributed by atoms with Gasteiger partial charge in [0, 0.05) is 19.6 Å². The quantitative estimate of drug-likeness (QED) is 0.760. The maximum absolute atomic E-state index is 10.8. The number of benzene rings is 1. The van der Waals surface area contributed by atoms with Crippen molar-refractivity contribution in [2.24, 2.45) is 0 Å². The number of likely N-dealkylation sites (N-methyl/N-ethyl adjacent to an activating group) is 1. The first-order valence-electron chi connectivity index (χ1n) is 7.02. The zero-order valence-electron chi connectivity index (χ0n) is 12.1. The highest BCUT2D eigenvalue weighted by atomic mass is 16.5. The molecule has 0 spiro atoms. The van der Waals surface area contributed by atoms with E-state index in [0.717, 1.165) is 23.5 Å². The number of ether oxygens (including phenoxy) is 1. The third-order valence-electron chi connectivity index (χ3n) is 3.28. The van der Waals surface area contributed by atoms with Gasteiger partial charge in [0.2, 0.25) is 0 Å². The van der Waals surface area contributed by atoms with Gasteiger partial charge in [-0.15, -0.1) is 0 Å². The smallest absolute Gasteiger partial charge is 0.323 e. The lowest BCUT2D eigenvalue weighted by Crippen LogP contribution is -2.25. The van der Waals surface area contributed by atoms with E-state index in [9.17, 15) is 4.79 Å². The first-order valence-corrected chi connectivity index (χ1v) is 7.02. The van der Waals surface area contributed by atoms with Crippen molar-refractivity contribution in [3.05, 3.63) is 23.8 Å². The molecule has 0 radical (unpaired) electrons. The molecule has 0 heterocycles. The first-order chi connectivity index (χ1) is 9.60. The molecular weight excluding hydrogens is 256 g/mol. The molecule has 2 N–H and O–H groups in total. The van der Waals surface area contributed by atoms with E-state index in [1.807, 2.05) is 25.1 Å². The third kappa shape index (κ3) is 4.13. The van der Waals surface area contributed by atoms with Gasteiger partial charge in [-0.3, -0.25) is 4.79 Å². The molecule has 1 aliphatic carbocycles. The molecular formula is C15H22N2O3. The lowest BCUT2D eigenvalue weighted by atomic mass is 10.1. The van der Waals surface area contributed by atoms with Crippen LogP contribution >= 0.6 is 0 Å². The van der Waals surface area contributed by atoms with Crippen molar-refractivity contribution in [3.63, 3.8) is 0 Å². The maximum Gasteiger partial charge on any atom is 0.323 e. The summed E-state index contributed by atoms with van der Waals surface area (Å²) in [5.74, 6) is -0.110. The number of rotatable bonds is 8. The van der Waals surface area contributed by atoms with Gasteiger partial charge in [0.15, 0.2) is 0 Å². The van der Waals surface area contributed by atoms with Crippen molar-refractivity contribution in [2.45, 2.75) is 32.4 Å². The molecule has 1 aliphatic rings. The minimum atomic E-state index is -0.852. The van der Waals surface area contributed by atoms with Crippen LogP contribution in [-0.4, -0.2) is 37.3 Å². The predicted molar refractivity (Wildman–Crippen MR) is 78.4 cm³/mol. The molecule has 2 rings (SSSR count). The third-order valence-corrected chi connectivity index (χ3v) is 3.28. The van der Waals surface area contributed by atoms with Crippen LogP contribution in [0.2, 0.25) is 0 Å². The van der Waals surface area contributed by atoms with Crippen molar-refractivity contribution in [3.8, 4) is 5.75 Å². The second kappa shape index (κ2) is 6.61. The topological polar surface area (TPSA) is 61.8 Å². The Kier molecular flexibility index (Phi) is 4.84. The summed E-state index contributed by atoms with van der Waals surface area (Å²) in [7, 11) is 1.76. The van der Waals surface area contributed by atoms with Crippen LogP contribution in [0, 0.1) is 0 Å². The molecule has 1 fully saturated rings. The van der Waals surface area contributed by atoms with Gasteiger partial charge in [0.1, 0.15) is 12.3 Å². The van der Waals surface area contributed by atoms with Crippen LogP contribution in [-0.2, 0) is 11.3 Å². The fourth-order valence-electron chi connectivity index (χ4n) is 2.09. The molecule has 0 aromatic heterocycles. The number of hydrogen-bond acceptors (Lipinski definition) is 4. The summed E-state index contributed by atoms with van der Waals surface area (Å²) < 4.78 is 5.64. The van der Waals surface area contributed by atoms with Crippen molar-refractivity contribution in [2.75, 3.05) is 25.1 Å². The van der Waals surface area contributed by atoms with Gasteiger partial charge in [-0.05, 0) is 37.5 Å². The summed E-state index contributed by atoms with van der Waals surface area (Å²) in [6.45, 7) is 3.27. The van der Waals surface area contributed by atoms with E-state index in [4.69, 9.17) is 9.84 Å². The van der Waals surface area contributed by atoms with E-state index in [-0.39, 0.29) is 6.54 Å². The Morgan fingerprint density at radius 3 is 2.85 bits per heavy atom. The zero-order chi connectivity index (χ0) is 14.5. The number of nitrogens with zero attached hydrogens (tertiary/aromatic N) is 1. The van der Waals surface area contributed by atoms with Gasteiger partial charge >= 0.3 is 5.97 Å². The van der Waals surface area contributed by atoms with E-state index in [1.165, 1.54) is 12.8 Å². The molecule has 1 aromatic carbocycles. The highest BCUT2D eigenvalue weighted by molar-refractivity contribution is 5.75. The van der Waals surface area contributed by atoms with Crippen LogP contribution < -0.4 is 15.0 Å². The van der Waals surface area contributed by atoms with Gasteiger partial charge in [-0.1, -0.05) is 6.07 Å². The molecule has 20 heavy (non-hydrogen) atoms. The lowest BCUT2D eigenvalue weighted by Gasteiger charge is -2.21. The summed E-state index contributed by atoms with van der Waals surface area (Å²) in [5.41, 5.74) is 1.97. The molecule has 0 amide bonds. The van der Waals surface area contributed by atoms with Crippen LogP contribution in [0.1, 0.15) is 25.3 Å². The van der Waals surface area contributed by atoms with Crippen LogP contribution in [0.15, 0.2) is 18.2 Å². The number of aliphatic carboxylic acids is 1. The van der Waals surface area contributed by atoms with Gasteiger partial charge < -0.3 is 20.1 Å². The Bertz CT molecular complexity index is 472. The van der Waals surface area contributed by atoms with E-state index >= 15 is 0 Å². The molecule has 5 nitrogen and oxygen atoms in total. The molecule has 0 bridgehead atoms. The maximum atomic E-state index is 10.8. The van der Waals surface area contributed by atoms with Crippen molar-refractivity contribution in [1.82, 2.24) is 5.32 Å². The van der Waals surface area contributed by atoms with Gasteiger partial charge in [0.25, 0.3) is 0 Å². The van der Waals surface area contributed by atoms with E-state index in [2.05, 4.69) is 5.32 Å². The molecule has 5 heteroatoms. The number of nitrogens with one attached hydrogen (secondary N) is 1. The lowest BCUT2D eigenvalue weighted by molar-refractivity contribution is -0.135. The van der Waals surface area contributed by atoms with Crippen molar-refractivity contribution >= 4 is 11.7 Å². The van der Waals surface area contributed by atoms with Crippen LogP contribution in [0.4, 0.5) is 5.69 Å². The fraction of sp³-hybridized carbons (Fsp3) is 0.533. The summed E-state index contributed by atoms with van der Waals surface area (Å²) in [4.78, 5) is 12.5. The largest absolute Gasteiger partial charge is 0.492 e. The number of hydrogen-bond donors (Lipinski definition) is 2. The Labute approximate surface area is 119 Å². The Morgan fingerprint density at radius 2 is 2.25 bits per heavy atom. The molecule has 110 valence electrons. The monoisotopic (exact) mass is 278 g/mol. The summed E-state index contributed by atoms with van der Waals surface area (Å²) in [5, 5.41) is 12.3. The van der Waals surface area contributed by atoms with E-state index < -0.39 is 5.97 Å². The number of carbonyl (C=O) groups is 1.